The number of piperazine rings is 1. The molecule has 650 valence electrons. The summed E-state index contributed by atoms with van der Waals surface area (Å²) >= 11 is 20.8. The minimum absolute atomic E-state index is 0.103. The fourth-order valence-electron chi connectivity index (χ4n) is 17.8. The third-order valence-electron chi connectivity index (χ3n) is 24.4. The molecule has 0 unspecified atom stereocenters. The number of aryl methyl sites for hydroxylation is 4. The molecule has 4 aliphatic rings. The topological polar surface area (TPSA) is 184 Å². The largest absolute Gasteiger partial charge is 0.496 e. The highest BCUT2D eigenvalue weighted by Gasteiger charge is 2.29. The van der Waals surface area contributed by atoms with Gasteiger partial charge >= 0.3 is 0 Å². The lowest BCUT2D eigenvalue weighted by molar-refractivity contribution is 0.0993. The zero-order valence-corrected chi connectivity index (χ0v) is 78.6. The van der Waals surface area contributed by atoms with Crippen molar-refractivity contribution in [1.82, 2.24) is 57.9 Å². The number of ether oxygens (including phenoxy) is 3. The van der Waals surface area contributed by atoms with E-state index in [0.29, 0.717) is 22.7 Å². The summed E-state index contributed by atoms with van der Waals surface area (Å²) in [7, 11) is 1.76. The van der Waals surface area contributed by atoms with Crippen LogP contribution < -0.4 is 14.2 Å². The molecule has 20 nitrogen and oxygen atoms in total. The van der Waals surface area contributed by atoms with E-state index in [1.807, 2.05) is 170 Å². The molecular weight excluding hydrogens is 1840 g/mol. The van der Waals surface area contributed by atoms with Crippen LogP contribution in [0, 0.1) is 0 Å². The quantitative estimate of drug-likeness (QED) is 0.0387. The number of pyridine rings is 1. The van der Waals surface area contributed by atoms with Gasteiger partial charge in [0.25, 0.3) is 0 Å². The van der Waals surface area contributed by atoms with E-state index < -0.39 is 0 Å². The lowest BCUT2D eigenvalue weighted by Gasteiger charge is -2.34. The summed E-state index contributed by atoms with van der Waals surface area (Å²) in [6.07, 6.45) is 22.4. The smallest absolute Gasteiger partial charge is 0.230 e. The van der Waals surface area contributed by atoms with E-state index in [2.05, 4.69) is 140 Å². The molecule has 0 bridgehead atoms. The number of piperidine rings is 3. The van der Waals surface area contributed by atoms with Gasteiger partial charge in [-0.2, -0.15) is 4.98 Å². The molecule has 0 atom stereocenters. The molecule has 10 heterocycles. The predicted molar refractivity (Wildman–Crippen MR) is 511 cm³/mol. The van der Waals surface area contributed by atoms with Gasteiger partial charge in [-0.05, 0) is 286 Å². The molecule has 6 aromatic heterocycles. The van der Waals surface area contributed by atoms with Crippen molar-refractivity contribution in [3.63, 3.8) is 0 Å². The van der Waals surface area contributed by atoms with Gasteiger partial charge in [-0.1, -0.05) is 114 Å². The molecule has 7 aromatic carbocycles. The second-order valence-corrected chi connectivity index (χ2v) is 36.6. The fourth-order valence-corrected chi connectivity index (χ4v) is 20.4. The number of ketones is 4. The normalized spacial score (nSPS) is 15.5. The number of methoxy groups -OCH3 is 1. The maximum atomic E-state index is 12.1. The molecule has 13 aromatic rings. The van der Waals surface area contributed by atoms with E-state index >= 15 is 0 Å². The minimum atomic E-state index is 0.103. The number of carbonyl (C=O) groups is 4. The van der Waals surface area contributed by atoms with Crippen molar-refractivity contribution in [2.24, 2.45) is 0 Å². The number of hydrogen-bond acceptors (Lipinski definition) is 16. The average Bonchev–Trinajstić information content (AvgIpc) is 1.66. The van der Waals surface area contributed by atoms with Crippen molar-refractivity contribution < 1.29 is 37.9 Å². The van der Waals surface area contributed by atoms with E-state index in [0.717, 1.165) is 295 Å². The fraction of sp³-hybridized carbons (Fsp3) is 0.384. The van der Waals surface area contributed by atoms with Crippen LogP contribution in [0.3, 0.4) is 0 Å². The highest BCUT2D eigenvalue weighted by Crippen LogP contribution is 2.38. The van der Waals surface area contributed by atoms with Gasteiger partial charge in [0.15, 0.2) is 23.1 Å². The van der Waals surface area contributed by atoms with Crippen LogP contribution in [0.1, 0.15) is 157 Å². The monoisotopic (exact) mass is 1950 g/mol. The lowest BCUT2D eigenvalue weighted by atomic mass is 9.89. The van der Waals surface area contributed by atoms with Crippen LogP contribution in [-0.4, -0.2) is 199 Å². The highest BCUT2D eigenvalue weighted by molar-refractivity contribution is 9.11. The maximum absolute atomic E-state index is 12.1. The Bertz CT molecular complexity index is 5740. The number of aromatic nitrogens is 7. The van der Waals surface area contributed by atoms with E-state index in [-0.39, 0.29) is 29.2 Å². The number of nitrogens with zero attached hydrogens (tertiary/aromatic N) is 12. The Hall–Kier alpha value is -8.92. The van der Waals surface area contributed by atoms with E-state index in [4.69, 9.17) is 30.3 Å². The molecular formula is C99H111Br4ClN12O8. The van der Waals surface area contributed by atoms with Crippen molar-refractivity contribution in [2.45, 2.75) is 136 Å². The third-order valence-corrected chi connectivity index (χ3v) is 27.3. The third kappa shape index (κ3) is 23.5. The summed E-state index contributed by atoms with van der Waals surface area (Å²) in [4.78, 5) is 69.5. The molecule has 0 radical (unpaired) electrons. The Labute approximate surface area is 766 Å². The van der Waals surface area contributed by atoms with Gasteiger partial charge < -0.3 is 56.6 Å². The predicted octanol–water partition coefficient (Wildman–Crippen LogP) is 22.1. The summed E-state index contributed by atoms with van der Waals surface area (Å²) in [6.45, 7) is 26.8. The number of hydrogen-bond donors (Lipinski definition) is 0. The summed E-state index contributed by atoms with van der Waals surface area (Å²) in [5.41, 5.74) is 9.88. The van der Waals surface area contributed by atoms with Crippen LogP contribution in [0.4, 0.5) is 0 Å². The van der Waals surface area contributed by atoms with Crippen molar-refractivity contribution in [2.75, 3.05) is 112 Å². The van der Waals surface area contributed by atoms with Crippen LogP contribution in [0.2, 0.25) is 5.02 Å². The Balaban J connectivity index is 0.000000135. The number of Topliss-reactive ketones (excluding diaryl/α,β-unsaturated/α-hetero) is 4. The molecule has 0 spiro atoms. The maximum Gasteiger partial charge on any atom is 0.230 e. The minimum Gasteiger partial charge on any atom is -0.496 e. The molecule has 0 N–H and O–H groups in total. The van der Waals surface area contributed by atoms with Gasteiger partial charge in [-0.25, -0.2) is 0 Å². The van der Waals surface area contributed by atoms with Crippen molar-refractivity contribution >= 4 is 142 Å². The van der Waals surface area contributed by atoms with Gasteiger partial charge in [-0.3, -0.25) is 29.1 Å². The molecule has 4 saturated heterocycles. The average molecular weight is 1950 g/mol. The van der Waals surface area contributed by atoms with Crippen LogP contribution in [0.5, 0.6) is 17.2 Å². The molecule has 4 aliphatic heterocycles. The van der Waals surface area contributed by atoms with Gasteiger partial charge in [-0.15, -0.1) is 0 Å². The molecule has 4 fully saturated rings. The molecule has 25 heteroatoms. The van der Waals surface area contributed by atoms with Crippen molar-refractivity contribution in [3.8, 4) is 28.6 Å². The number of rotatable bonds is 30. The number of benzene rings is 7. The van der Waals surface area contributed by atoms with Crippen LogP contribution in [0.25, 0.3) is 55.0 Å². The number of para-hydroxylation sites is 7. The van der Waals surface area contributed by atoms with Crippen molar-refractivity contribution in [3.05, 3.63) is 258 Å². The Morgan fingerprint density at radius 1 is 0.419 bits per heavy atom. The molecule has 17 rings (SSSR count). The van der Waals surface area contributed by atoms with Gasteiger partial charge in [0.1, 0.15) is 30.0 Å². The van der Waals surface area contributed by atoms with Gasteiger partial charge in [0.2, 0.25) is 11.7 Å². The summed E-state index contributed by atoms with van der Waals surface area (Å²) in [6, 6.07) is 54.2. The molecule has 124 heavy (non-hydrogen) atoms. The Morgan fingerprint density at radius 3 is 1.22 bits per heavy atom. The summed E-state index contributed by atoms with van der Waals surface area (Å²) in [5.74, 6) is 5.42. The van der Waals surface area contributed by atoms with Crippen LogP contribution in [0.15, 0.2) is 223 Å². The standard InChI is InChI=1S/C25H26BrN5O2.C25H30BrN3O2.C25H29BrN2O2.C24H26BrClN2O2/c1-17(32)21-16-31(23-20(21)6-2-7-22(23)26)12-4-11-30-13-8-18(9-14-30)25-28-24(29-33-25)19-5-3-10-27-15-19;1-20(30)23-19-29(25-22(23)9-5-10-24(25)26)12-6-11-27-13-15-28(16-14-27)17-18-31-21-7-3-2-4-8-21;1-18(29)22-17-28(25-21(22)8-5-9-23(25)26)14-6-13-27-15-11-19(12-16-27)20-7-3-4-10-24(20)30-2;1-17(29)20-16-28(24-19(20)6-4-7-21(24)25)13-5-12-27-14-10-18(11-15-27)30-23-9-3-2-8-22(23)26/h2-3,5-7,10,15-16,18H,4,8-9,11-14H2,1H3;2-5,7-10,19H,6,11-18H2,1H3;3-5,7-10,17,19H,6,11-16H2,1-2H3;2-4,6-9,16,18H,5,10-15H2,1H3. The molecule has 0 aliphatic carbocycles. The molecule has 0 saturated carbocycles. The van der Waals surface area contributed by atoms with Gasteiger partial charge in [0, 0.05) is 182 Å². The zero-order chi connectivity index (χ0) is 86.6. The second kappa shape index (κ2) is 44.5. The SMILES string of the molecule is CC(=O)c1cn(CCCN2CCC(Oc3ccccc3Cl)CC2)c2c(Br)cccc12.CC(=O)c1cn(CCCN2CCC(c3nc(-c4cccnc4)no3)CC2)c2c(Br)cccc12.CC(=O)c1cn(CCCN2CCN(CCOc3ccccc3)CC2)c2c(Br)cccc12.COc1ccccc1C1CCN(CCCn2cc(C(C)=O)c3cccc(Br)c32)CC1. The van der Waals surface area contributed by atoms with Crippen LogP contribution in [-0.2, 0) is 26.2 Å². The first-order valence-corrected chi connectivity index (χ1v) is 47.1. The Kier molecular flexibility index (Phi) is 32.8. The number of likely N-dealkylation sites (tertiary alicyclic amines) is 3. The second-order valence-electron chi connectivity index (χ2n) is 32.7. The van der Waals surface area contributed by atoms with E-state index in [9.17, 15) is 19.2 Å². The highest BCUT2D eigenvalue weighted by atomic mass is 79.9. The summed E-state index contributed by atoms with van der Waals surface area (Å²) < 4.78 is 36.1. The molecule has 0 amide bonds. The number of halogens is 5. The first-order valence-electron chi connectivity index (χ1n) is 43.5. The van der Waals surface area contributed by atoms with E-state index in [1.165, 1.54) is 18.4 Å². The van der Waals surface area contributed by atoms with Crippen LogP contribution >= 0.6 is 75.3 Å². The Morgan fingerprint density at radius 2 is 0.806 bits per heavy atom. The number of fused-ring (bicyclic) bond motifs is 4. The van der Waals surface area contributed by atoms with Gasteiger partial charge in [0.05, 0.1) is 34.2 Å². The van der Waals surface area contributed by atoms with E-state index in [1.54, 1.807) is 47.2 Å². The lowest BCUT2D eigenvalue weighted by Crippen LogP contribution is -2.47. The van der Waals surface area contributed by atoms with Crippen molar-refractivity contribution in [1.29, 1.82) is 0 Å². The first kappa shape index (κ1) is 91.3. The summed E-state index contributed by atoms with van der Waals surface area (Å²) in [5, 5.41) is 8.93. The first-order chi connectivity index (χ1) is 60.3. The zero-order valence-electron chi connectivity index (χ0n) is 71.5. The number of carbonyl (C=O) groups excluding carboxylic acids is 4.